The molecule has 0 radical (unpaired) electrons. The van der Waals surface area contributed by atoms with Crippen LogP contribution in [0.15, 0.2) is 42.5 Å². The highest BCUT2D eigenvalue weighted by Gasteiger charge is 2.21. The van der Waals surface area contributed by atoms with Gasteiger partial charge in [0.05, 0.1) is 0 Å². The quantitative estimate of drug-likeness (QED) is 0.635. The van der Waals surface area contributed by atoms with E-state index in [1.54, 1.807) is 0 Å². The Morgan fingerprint density at radius 3 is 2.71 bits per heavy atom. The fourth-order valence-corrected chi connectivity index (χ4v) is 3.14. The van der Waals surface area contributed by atoms with Crippen molar-refractivity contribution in [1.29, 1.82) is 0 Å². The number of benzene rings is 2. The zero-order chi connectivity index (χ0) is 14.8. The first-order chi connectivity index (χ1) is 10.2. The highest BCUT2D eigenvalue weighted by atomic mass is 32.1. The topological polar surface area (TPSA) is 49.3 Å². The van der Waals surface area contributed by atoms with E-state index in [9.17, 15) is 4.79 Å². The van der Waals surface area contributed by atoms with Crippen LogP contribution in [-0.4, -0.2) is 22.9 Å². The number of carboxylic acids is 1. The first-order valence-corrected chi connectivity index (χ1v) is 7.60. The summed E-state index contributed by atoms with van der Waals surface area (Å²) in [7, 11) is 0. The lowest BCUT2D eigenvalue weighted by Crippen LogP contribution is -2.37. The molecule has 0 aliphatic heterocycles. The third-order valence-corrected chi connectivity index (χ3v) is 4.33. The summed E-state index contributed by atoms with van der Waals surface area (Å²) in [5.41, 5.74) is 6.36. The summed E-state index contributed by atoms with van der Waals surface area (Å²) in [5, 5.41) is 12.1. The van der Waals surface area contributed by atoms with Gasteiger partial charge in [-0.3, -0.25) is 10.1 Å². The van der Waals surface area contributed by atoms with Crippen LogP contribution >= 0.6 is 12.6 Å². The number of hydrogen-bond donors (Lipinski definition) is 3. The molecular weight excluding hydrogens is 282 g/mol. The molecule has 1 aliphatic rings. The van der Waals surface area contributed by atoms with Crippen molar-refractivity contribution in [2.75, 3.05) is 5.75 Å². The van der Waals surface area contributed by atoms with Gasteiger partial charge in [0.1, 0.15) is 6.04 Å². The van der Waals surface area contributed by atoms with Crippen molar-refractivity contribution in [2.24, 2.45) is 0 Å². The number of carbonyl (C=O) groups is 1. The molecule has 3 rings (SSSR count). The van der Waals surface area contributed by atoms with Gasteiger partial charge >= 0.3 is 5.97 Å². The fourth-order valence-electron chi connectivity index (χ4n) is 2.85. The van der Waals surface area contributed by atoms with Crippen molar-refractivity contribution >= 4 is 18.6 Å². The average Bonchev–Trinajstić information content (AvgIpc) is 2.87. The van der Waals surface area contributed by atoms with E-state index in [1.165, 1.54) is 22.3 Å². The molecule has 2 aromatic carbocycles. The Balaban J connectivity index is 1.85. The van der Waals surface area contributed by atoms with Crippen molar-refractivity contribution in [3.63, 3.8) is 0 Å². The Bertz CT molecular complexity index is 684. The van der Waals surface area contributed by atoms with Crippen LogP contribution in [0, 0.1) is 0 Å². The van der Waals surface area contributed by atoms with E-state index in [1.807, 2.05) is 6.07 Å². The average molecular weight is 299 g/mol. The van der Waals surface area contributed by atoms with E-state index in [4.69, 9.17) is 5.11 Å². The Morgan fingerprint density at radius 2 is 1.95 bits per heavy atom. The van der Waals surface area contributed by atoms with Gasteiger partial charge in [0.2, 0.25) is 0 Å². The number of aliphatic carboxylic acids is 1. The second kappa shape index (κ2) is 5.92. The first-order valence-electron chi connectivity index (χ1n) is 6.97. The van der Waals surface area contributed by atoms with Gasteiger partial charge in [-0.2, -0.15) is 12.6 Å². The first kappa shape index (κ1) is 14.2. The number of carboxylic acid groups (broad SMARTS) is 1. The van der Waals surface area contributed by atoms with E-state index in [-0.39, 0.29) is 5.75 Å². The van der Waals surface area contributed by atoms with Gasteiger partial charge in [-0.1, -0.05) is 42.5 Å². The van der Waals surface area contributed by atoms with Crippen LogP contribution in [0.5, 0.6) is 0 Å². The van der Waals surface area contributed by atoms with Gasteiger partial charge in [-0.15, -0.1) is 0 Å². The number of thiol groups is 1. The zero-order valence-corrected chi connectivity index (χ0v) is 12.4. The molecule has 2 N–H and O–H groups in total. The lowest BCUT2D eigenvalue weighted by Gasteiger charge is -2.14. The summed E-state index contributed by atoms with van der Waals surface area (Å²) >= 11 is 4.08. The van der Waals surface area contributed by atoms with Crippen molar-refractivity contribution in [3.05, 3.63) is 59.2 Å². The molecular formula is C17H17NO2S. The molecule has 1 atom stereocenters. The van der Waals surface area contributed by atoms with Crippen LogP contribution in [0.2, 0.25) is 0 Å². The molecule has 0 heterocycles. The van der Waals surface area contributed by atoms with Crippen molar-refractivity contribution in [2.45, 2.75) is 19.0 Å². The summed E-state index contributed by atoms with van der Waals surface area (Å²) in [6, 6.07) is 14.0. The minimum Gasteiger partial charge on any atom is -0.480 e. The molecule has 3 nitrogen and oxygen atoms in total. The molecule has 0 amide bonds. The third-order valence-electron chi connectivity index (χ3n) is 3.97. The van der Waals surface area contributed by atoms with Gasteiger partial charge < -0.3 is 5.11 Å². The van der Waals surface area contributed by atoms with Crippen LogP contribution in [0.1, 0.15) is 16.7 Å². The second-order valence-electron chi connectivity index (χ2n) is 5.23. The Morgan fingerprint density at radius 1 is 1.19 bits per heavy atom. The van der Waals surface area contributed by atoms with E-state index in [2.05, 4.69) is 54.3 Å². The molecule has 0 spiro atoms. The number of nitrogens with one attached hydrogen (secondary N) is 1. The number of rotatable bonds is 5. The molecule has 0 unspecified atom stereocenters. The Kier molecular flexibility index (Phi) is 3.99. The van der Waals surface area contributed by atoms with Crippen molar-refractivity contribution < 1.29 is 9.90 Å². The molecule has 0 aromatic heterocycles. The Hall–Kier alpha value is -1.78. The number of fused-ring (bicyclic) bond motifs is 3. The smallest absolute Gasteiger partial charge is 0.321 e. The normalized spacial score (nSPS) is 13.6. The molecule has 0 fully saturated rings. The van der Waals surface area contributed by atoms with Gasteiger partial charge in [0.25, 0.3) is 0 Å². The van der Waals surface area contributed by atoms with Crippen LogP contribution < -0.4 is 5.32 Å². The minimum absolute atomic E-state index is 0.282. The Labute approximate surface area is 129 Å². The molecule has 2 aromatic rings. The van der Waals surface area contributed by atoms with Gasteiger partial charge in [-0.25, -0.2) is 0 Å². The van der Waals surface area contributed by atoms with Crippen LogP contribution in [0.3, 0.4) is 0 Å². The maximum atomic E-state index is 11.1. The van der Waals surface area contributed by atoms with E-state index < -0.39 is 12.0 Å². The van der Waals surface area contributed by atoms with E-state index in [0.717, 1.165) is 12.0 Å². The van der Waals surface area contributed by atoms with Gasteiger partial charge in [0.15, 0.2) is 0 Å². The summed E-state index contributed by atoms with van der Waals surface area (Å²) < 4.78 is 0. The predicted molar refractivity (Wildman–Crippen MR) is 86.8 cm³/mol. The van der Waals surface area contributed by atoms with E-state index in [0.29, 0.717) is 6.54 Å². The minimum atomic E-state index is -0.860. The summed E-state index contributed by atoms with van der Waals surface area (Å²) in [5.74, 6) is -0.578. The van der Waals surface area contributed by atoms with Crippen LogP contribution in [-0.2, 0) is 17.8 Å². The maximum Gasteiger partial charge on any atom is 0.321 e. The van der Waals surface area contributed by atoms with Gasteiger partial charge in [0, 0.05) is 12.3 Å². The lowest BCUT2D eigenvalue weighted by molar-refractivity contribution is -0.138. The van der Waals surface area contributed by atoms with Crippen molar-refractivity contribution in [3.8, 4) is 11.1 Å². The van der Waals surface area contributed by atoms with E-state index >= 15 is 0 Å². The summed E-state index contributed by atoms with van der Waals surface area (Å²) in [6.45, 7) is 0.550. The highest BCUT2D eigenvalue weighted by molar-refractivity contribution is 7.80. The second-order valence-corrected chi connectivity index (χ2v) is 5.60. The largest absolute Gasteiger partial charge is 0.480 e. The molecule has 0 saturated heterocycles. The van der Waals surface area contributed by atoms with Crippen LogP contribution in [0.25, 0.3) is 11.1 Å². The molecule has 108 valence electrons. The highest BCUT2D eigenvalue weighted by Crippen LogP contribution is 2.37. The van der Waals surface area contributed by atoms with Crippen LogP contribution in [0.4, 0.5) is 0 Å². The monoisotopic (exact) mass is 299 g/mol. The molecule has 21 heavy (non-hydrogen) atoms. The molecule has 0 bridgehead atoms. The molecule has 4 heteroatoms. The summed E-state index contributed by atoms with van der Waals surface area (Å²) in [6.07, 6.45) is 0.919. The fraction of sp³-hybridized carbons (Fsp3) is 0.235. The molecule has 1 aliphatic carbocycles. The van der Waals surface area contributed by atoms with Crippen molar-refractivity contribution in [1.82, 2.24) is 5.32 Å². The number of hydrogen-bond acceptors (Lipinski definition) is 3. The maximum absolute atomic E-state index is 11.1. The predicted octanol–water partition coefficient (Wildman–Crippen LogP) is 2.73. The lowest BCUT2D eigenvalue weighted by atomic mass is 10.0. The summed E-state index contributed by atoms with van der Waals surface area (Å²) in [4.78, 5) is 11.1. The SMILES string of the molecule is O=C(O)[C@H](CS)NCc1cccc2c1Cc1ccccc1-2. The van der Waals surface area contributed by atoms with Gasteiger partial charge in [-0.05, 0) is 34.2 Å². The third kappa shape index (κ3) is 2.69. The molecule has 0 saturated carbocycles. The standard InChI is InChI=1S/C17H17NO2S/c19-17(20)16(10-21)18-9-12-5-3-7-14-13-6-2-1-4-11(13)8-15(12)14/h1-7,16,18,21H,8-10H2,(H,19,20)/t16-/m0/s1. The zero-order valence-electron chi connectivity index (χ0n) is 11.5.